The standard InChI is InChI=1S/C33H33F3N6OS/c1-22-8-14-26(15-9-22)40-31(44)42(20-25-6-4-5-7-28(25)33(34,35)36)30(38)32(2,3)29(43)16-27-18-39-21-41(27)19-24-12-10-23(17-37)11-13-24/h4-15,18,21,30H,16,19-20,38H2,1-3H3,(H,40,44). The molecule has 7 nitrogen and oxygen atoms in total. The van der Waals surface area contributed by atoms with Gasteiger partial charge in [0, 0.05) is 37.1 Å². The number of carbonyl (C=O) groups is 1. The molecule has 1 heterocycles. The van der Waals surface area contributed by atoms with Gasteiger partial charge < -0.3 is 20.5 Å². The highest BCUT2D eigenvalue weighted by molar-refractivity contribution is 7.80. The Bertz CT molecular complexity index is 1660. The Labute approximate surface area is 260 Å². The van der Waals surface area contributed by atoms with Crippen molar-refractivity contribution in [2.24, 2.45) is 11.1 Å². The second-order valence-electron chi connectivity index (χ2n) is 11.2. The number of benzene rings is 3. The highest BCUT2D eigenvalue weighted by atomic mass is 32.1. The van der Waals surface area contributed by atoms with Crippen molar-refractivity contribution in [1.29, 1.82) is 5.26 Å². The number of alkyl halides is 3. The number of nitrogens with one attached hydrogen (secondary N) is 1. The Morgan fingerprint density at radius 1 is 1.09 bits per heavy atom. The number of hydrogen-bond acceptors (Lipinski definition) is 5. The number of nitrogens with two attached hydrogens (primary N) is 1. The summed E-state index contributed by atoms with van der Waals surface area (Å²) in [6.07, 6.45) is -2.46. The number of nitrogens with zero attached hydrogens (tertiary/aromatic N) is 4. The molecule has 0 fully saturated rings. The molecule has 1 unspecified atom stereocenters. The molecular formula is C33H33F3N6OS. The van der Waals surface area contributed by atoms with Gasteiger partial charge in [-0.05, 0) is 74.4 Å². The zero-order valence-electron chi connectivity index (χ0n) is 24.6. The van der Waals surface area contributed by atoms with E-state index >= 15 is 0 Å². The van der Waals surface area contributed by atoms with Crippen LogP contribution in [0.2, 0.25) is 0 Å². The maximum absolute atomic E-state index is 13.9. The third kappa shape index (κ3) is 7.70. The Morgan fingerprint density at radius 2 is 1.75 bits per heavy atom. The van der Waals surface area contributed by atoms with Crippen LogP contribution in [0.1, 0.15) is 47.4 Å². The van der Waals surface area contributed by atoms with Crippen LogP contribution in [-0.4, -0.2) is 31.5 Å². The van der Waals surface area contributed by atoms with Gasteiger partial charge in [0.15, 0.2) is 5.11 Å². The van der Waals surface area contributed by atoms with Crippen LogP contribution in [0.25, 0.3) is 0 Å². The molecule has 0 aliphatic heterocycles. The molecular weight excluding hydrogens is 585 g/mol. The number of carbonyl (C=O) groups excluding carboxylic acids is 1. The first-order valence-electron chi connectivity index (χ1n) is 13.9. The van der Waals surface area contributed by atoms with Gasteiger partial charge in [-0.3, -0.25) is 4.79 Å². The van der Waals surface area contributed by atoms with E-state index < -0.39 is 23.3 Å². The fraction of sp³-hybridized carbons (Fsp3) is 0.273. The van der Waals surface area contributed by atoms with E-state index in [0.29, 0.717) is 23.5 Å². The number of nitriles is 1. The molecule has 3 N–H and O–H groups in total. The van der Waals surface area contributed by atoms with Crippen LogP contribution in [0.5, 0.6) is 0 Å². The lowest BCUT2D eigenvalue weighted by molar-refractivity contribution is -0.138. The van der Waals surface area contributed by atoms with E-state index in [0.717, 1.165) is 17.2 Å². The van der Waals surface area contributed by atoms with Crippen molar-refractivity contribution in [3.05, 3.63) is 119 Å². The van der Waals surface area contributed by atoms with Gasteiger partial charge >= 0.3 is 6.18 Å². The quantitative estimate of drug-likeness (QED) is 0.156. The highest BCUT2D eigenvalue weighted by Gasteiger charge is 2.40. The summed E-state index contributed by atoms with van der Waals surface area (Å²) < 4.78 is 43.6. The molecule has 1 atom stereocenters. The van der Waals surface area contributed by atoms with Crippen LogP contribution in [-0.2, 0) is 30.5 Å². The van der Waals surface area contributed by atoms with E-state index in [-0.39, 0.29) is 29.4 Å². The second-order valence-corrected chi connectivity index (χ2v) is 11.6. The van der Waals surface area contributed by atoms with Crippen molar-refractivity contribution in [2.45, 2.75) is 52.6 Å². The third-order valence-corrected chi connectivity index (χ3v) is 7.93. The summed E-state index contributed by atoms with van der Waals surface area (Å²) in [4.78, 5) is 19.5. The molecule has 0 spiro atoms. The van der Waals surface area contributed by atoms with E-state index in [1.54, 1.807) is 50.6 Å². The summed E-state index contributed by atoms with van der Waals surface area (Å²) in [5, 5.41) is 12.2. The molecule has 1 aromatic heterocycles. The molecule has 4 rings (SSSR count). The first-order chi connectivity index (χ1) is 20.8. The van der Waals surface area contributed by atoms with Crippen LogP contribution >= 0.6 is 12.2 Å². The van der Waals surface area contributed by atoms with E-state index in [1.807, 2.05) is 35.8 Å². The lowest BCUT2D eigenvalue weighted by Gasteiger charge is -2.40. The van der Waals surface area contributed by atoms with Crippen LogP contribution in [0.15, 0.2) is 85.3 Å². The molecule has 4 aromatic rings. The third-order valence-electron chi connectivity index (χ3n) is 7.60. The number of ketones is 1. The van der Waals surface area contributed by atoms with Gasteiger partial charge in [0.1, 0.15) is 5.78 Å². The summed E-state index contributed by atoms with van der Waals surface area (Å²) >= 11 is 5.69. The summed E-state index contributed by atoms with van der Waals surface area (Å²) in [6.45, 7) is 5.42. The Kier molecular flexibility index (Phi) is 9.87. The summed E-state index contributed by atoms with van der Waals surface area (Å²) in [6, 6.07) is 21.8. The van der Waals surface area contributed by atoms with Gasteiger partial charge in [-0.15, -0.1) is 0 Å². The van der Waals surface area contributed by atoms with E-state index in [1.165, 1.54) is 23.1 Å². The minimum Gasteiger partial charge on any atom is -0.333 e. The number of hydrogen-bond donors (Lipinski definition) is 2. The minimum absolute atomic E-state index is 0.0118. The lowest BCUT2D eigenvalue weighted by Crippen LogP contribution is -2.57. The van der Waals surface area contributed by atoms with Crippen LogP contribution < -0.4 is 11.1 Å². The van der Waals surface area contributed by atoms with Gasteiger partial charge in [0.05, 0.1) is 35.1 Å². The molecule has 0 bridgehead atoms. The zero-order valence-corrected chi connectivity index (χ0v) is 25.4. The van der Waals surface area contributed by atoms with Gasteiger partial charge in [0.2, 0.25) is 0 Å². The van der Waals surface area contributed by atoms with E-state index in [4.69, 9.17) is 23.2 Å². The maximum atomic E-state index is 13.9. The average Bonchev–Trinajstić information content (AvgIpc) is 3.42. The minimum atomic E-state index is -4.59. The maximum Gasteiger partial charge on any atom is 0.416 e. The van der Waals surface area contributed by atoms with Gasteiger partial charge in [0.25, 0.3) is 0 Å². The molecule has 0 aliphatic carbocycles. The lowest BCUT2D eigenvalue weighted by atomic mass is 9.82. The Hall–Kier alpha value is -4.53. The number of aromatic nitrogens is 2. The number of halogens is 3. The zero-order chi connectivity index (χ0) is 32.1. The second kappa shape index (κ2) is 13.4. The Balaban J connectivity index is 1.60. The molecule has 0 aliphatic rings. The number of aryl methyl sites for hydroxylation is 1. The van der Waals surface area contributed by atoms with Crippen molar-refractivity contribution < 1.29 is 18.0 Å². The number of anilines is 1. The normalized spacial score (nSPS) is 12.3. The predicted octanol–water partition coefficient (Wildman–Crippen LogP) is 6.45. The number of rotatable bonds is 10. The molecule has 3 aromatic carbocycles. The average molecular weight is 619 g/mol. The smallest absolute Gasteiger partial charge is 0.333 e. The van der Waals surface area contributed by atoms with E-state index in [2.05, 4.69) is 16.4 Å². The summed E-state index contributed by atoms with van der Waals surface area (Å²) in [7, 11) is 0. The van der Waals surface area contributed by atoms with Gasteiger partial charge in [-0.2, -0.15) is 18.4 Å². The molecule has 0 saturated heterocycles. The molecule has 0 amide bonds. The molecule has 0 saturated carbocycles. The number of Topliss-reactive ketones (excluding diaryl/α,β-unsaturated/α-hetero) is 1. The molecule has 11 heteroatoms. The van der Waals surface area contributed by atoms with Crippen LogP contribution in [0.4, 0.5) is 18.9 Å². The van der Waals surface area contributed by atoms with Crippen LogP contribution in [0, 0.1) is 23.7 Å². The van der Waals surface area contributed by atoms with Crippen molar-refractivity contribution in [3.8, 4) is 6.07 Å². The topological polar surface area (TPSA) is 100.0 Å². The van der Waals surface area contributed by atoms with Crippen molar-refractivity contribution >= 4 is 28.8 Å². The van der Waals surface area contributed by atoms with Crippen molar-refractivity contribution in [2.75, 3.05) is 5.32 Å². The SMILES string of the molecule is Cc1ccc(NC(=S)N(Cc2ccccc2C(F)(F)F)C(N)C(C)(C)C(=O)Cc2cncn2Cc2ccc(C#N)cc2)cc1. The predicted molar refractivity (Wildman–Crippen MR) is 167 cm³/mol. The Morgan fingerprint density at radius 3 is 2.39 bits per heavy atom. The molecule has 228 valence electrons. The summed E-state index contributed by atoms with van der Waals surface area (Å²) in [5.74, 6) is -0.237. The van der Waals surface area contributed by atoms with Crippen molar-refractivity contribution in [1.82, 2.24) is 14.5 Å². The largest absolute Gasteiger partial charge is 0.416 e. The van der Waals surface area contributed by atoms with Gasteiger partial charge in [-0.1, -0.05) is 48.0 Å². The highest BCUT2D eigenvalue weighted by Crippen LogP contribution is 2.34. The van der Waals surface area contributed by atoms with E-state index in [9.17, 15) is 18.0 Å². The van der Waals surface area contributed by atoms with Crippen LogP contribution in [0.3, 0.4) is 0 Å². The van der Waals surface area contributed by atoms with Gasteiger partial charge in [-0.25, -0.2) is 4.98 Å². The fourth-order valence-corrected chi connectivity index (χ4v) is 5.01. The summed E-state index contributed by atoms with van der Waals surface area (Å²) in [5.41, 5.74) is 8.47. The monoisotopic (exact) mass is 618 g/mol. The number of imidazole rings is 1. The fourth-order valence-electron chi connectivity index (χ4n) is 4.71. The first kappa shape index (κ1) is 32.4. The van der Waals surface area contributed by atoms with Crippen molar-refractivity contribution in [3.63, 3.8) is 0 Å². The first-order valence-corrected chi connectivity index (χ1v) is 14.3. The number of thiocarbonyl (C=S) groups is 1. The molecule has 44 heavy (non-hydrogen) atoms. The molecule has 0 radical (unpaired) electrons.